The molecule has 0 aliphatic rings. The maximum atomic E-state index is 13.0. The van der Waals surface area contributed by atoms with Crippen LogP contribution in [0.25, 0.3) is 0 Å². The van der Waals surface area contributed by atoms with Gasteiger partial charge in [0.25, 0.3) is 0 Å². The van der Waals surface area contributed by atoms with Crippen LogP contribution in [0.1, 0.15) is 40.0 Å². The minimum atomic E-state index is -3.70. The predicted octanol–water partition coefficient (Wildman–Crippen LogP) is 2.42. The third-order valence-corrected chi connectivity index (χ3v) is 5.53. The summed E-state index contributed by atoms with van der Waals surface area (Å²) in [6.07, 6.45) is 2.02. The van der Waals surface area contributed by atoms with E-state index in [4.69, 9.17) is 5.73 Å². The molecule has 0 amide bonds. The van der Waals surface area contributed by atoms with Crippen LogP contribution < -0.4 is 5.73 Å². The second-order valence-corrected chi connectivity index (χ2v) is 8.08. The van der Waals surface area contributed by atoms with E-state index >= 15 is 0 Å². The second kappa shape index (κ2) is 9.15. The maximum absolute atomic E-state index is 13.0. The standard InChI is InChI=1S/C17H28N2O3S/c1-14(2)13-19(17(15(3)20)11-7-8-12-18)23(21,22)16-9-5-4-6-10-16/h4-6,9-10,14,17H,7-8,11-13,18H2,1-3H3/t17-/m0/s1. The number of nitrogens with zero attached hydrogens (tertiary/aromatic N) is 1. The van der Waals surface area contributed by atoms with Crippen LogP contribution >= 0.6 is 0 Å². The van der Waals surface area contributed by atoms with Gasteiger partial charge in [0.2, 0.25) is 10.0 Å². The van der Waals surface area contributed by atoms with Crippen LogP contribution in [0.2, 0.25) is 0 Å². The third kappa shape index (κ3) is 5.71. The summed E-state index contributed by atoms with van der Waals surface area (Å²) in [5.74, 6) is 0.00650. The van der Waals surface area contributed by atoms with E-state index < -0.39 is 16.1 Å². The van der Waals surface area contributed by atoms with Crippen LogP contribution in [0, 0.1) is 5.92 Å². The van der Waals surface area contributed by atoms with Gasteiger partial charge >= 0.3 is 0 Å². The molecule has 2 N–H and O–H groups in total. The van der Waals surface area contributed by atoms with Crippen molar-refractivity contribution in [3.8, 4) is 0 Å². The molecule has 1 aromatic rings. The number of benzene rings is 1. The molecule has 1 rings (SSSR count). The largest absolute Gasteiger partial charge is 0.330 e. The van der Waals surface area contributed by atoms with Crippen LogP contribution in [0.3, 0.4) is 0 Å². The van der Waals surface area contributed by atoms with E-state index in [9.17, 15) is 13.2 Å². The predicted molar refractivity (Wildman–Crippen MR) is 92.5 cm³/mol. The molecule has 0 aliphatic carbocycles. The summed E-state index contributed by atoms with van der Waals surface area (Å²) < 4.78 is 27.4. The van der Waals surface area contributed by atoms with Crippen LogP contribution in [-0.2, 0) is 14.8 Å². The molecule has 0 aliphatic heterocycles. The SMILES string of the molecule is CC(=O)[C@H](CCCCN)N(CC(C)C)S(=O)(=O)c1ccccc1. The Bertz CT molecular complexity index is 585. The van der Waals surface area contributed by atoms with E-state index in [1.165, 1.54) is 11.2 Å². The summed E-state index contributed by atoms with van der Waals surface area (Å²) in [4.78, 5) is 12.3. The molecule has 5 nitrogen and oxygen atoms in total. The number of carbonyl (C=O) groups excluding carboxylic acids is 1. The van der Waals surface area contributed by atoms with Crippen molar-refractivity contribution in [3.05, 3.63) is 30.3 Å². The minimum absolute atomic E-state index is 0.123. The highest BCUT2D eigenvalue weighted by atomic mass is 32.2. The second-order valence-electron chi connectivity index (χ2n) is 6.19. The fraction of sp³-hybridized carbons (Fsp3) is 0.588. The Morgan fingerprint density at radius 2 is 1.78 bits per heavy atom. The topological polar surface area (TPSA) is 80.5 Å². The molecule has 0 saturated heterocycles. The van der Waals surface area contributed by atoms with Crippen molar-refractivity contribution in [3.63, 3.8) is 0 Å². The van der Waals surface area contributed by atoms with Crippen LogP contribution in [-0.4, -0.2) is 37.6 Å². The summed E-state index contributed by atoms with van der Waals surface area (Å²) in [5, 5.41) is 0. The minimum Gasteiger partial charge on any atom is -0.330 e. The Balaban J connectivity index is 3.17. The average molecular weight is 340 g/mol. The van der Waals surface area contributed by atoms with Gasteiger partial charge in [0.15, 0.2) is 0 Å². The number of Topliss-reactive ketones (excluding diaryl/α,β-unsaturated/α-hetero) is 1. The van der Waals surface area contributed by atoms with E-state index in [0.717, 1.165) is 12.8 Å². The number of unbranched alkanes of at least 4 members (excludes halogenated alkanes) is 1. The molecule has 1 atom stereocenters. The van der Waals surface area contributed by atoms with Crippen molar-refractivity contribution in [1.82, 2.24) is 4.31 Å². The van der Waals surface area contributed by atoms with Gasteiger partial charge in [-0.15, -0.1) is 0 Å². The quantitative estimate of drug-likeness (QED) is 0.663. The van der Waals surface area contributed by atoms with Gasteiger partial charge in [0.05, 0.1) is 10.9 Å². The summed E-state index contributed by atoms with van der Waals surface area (Å²) in [7, 11) is -3.70. The van der Waals surface area contributed by atoms with E-state index in [1.54, 1.807) is 30.3 Å². The van der Waals surface area contributed by atoms with Gasteiger partial charge in [0.1, 0.15) is 5.78 Å². The zero-order valence-corrected chi connectivity index (χ0v) is 15.1. The molecule has 0 saturated carbocycles. The molecule has 0 heterocycles. The summed E-state index contributed by atoms with van der Waals surface area (Å²) in [6, 6.07) is 7.67. The van der Waals surface area contributed by atoms with Crippen molar-refractivity contribution in [2.75, 3.05) is 13.1 Å². The number of hydrogen-bond acceptors (Lipinski definition) is 4. The number of nitrogens with two attached hydrogens (primary N) is 1. The molecular formula is C17H28N2O3S. The fourth-order valence-electron chi connectivity index (χ4n) is 2.51. The van der Waals surface area contributed by atoms with Crippen molar-refractivity contribution in [1.29, 1.82) is 0 Å². The first-order chi connectivity index (χ1) is 10.8. The zero-order chi connectivity index (χ0) is 17.5. The first-order valence-electron chi connectivity index (χ1n) is 8.08. The van der Waals surface area contributed by atoms with E-state index in [0.29, 0.717) is 19.5 Å². The van der Waals surface area contributed by atoms with Gasteiger partial charge in [-0.2, -0.15) is 4.31 Å². The first-order valence-corrected chi connectivity index (χ1v) is 9.52. The van der Waals surface area contributed by atoms with Gasteiger partial charge in [-0.3, -0.25) is 4.79 Å². The average Bonchev–Trinajstić information content (AvgIpc) is 2.50. The Hall–Kier alpha value is -1.24. The molecule has 6 heteroatoms. The van der Waals surface area contributed by atoms with Crippen molar-refractivity contribution in [2.45, 2.75) is 51.0 Å². The molecule has 0 unspecified atom stereocenters. The maximum Gasteiger partial charge on any atom is 0.243 e. The molecule has 23 heavy (non-hydrogen) atoms. The third-order valence-electron chi connectivity index (χ3n) is 3.64. The van der Waals surface area contributed by atoms with E-state index in [2.05, 4.69) is 0 Å². The number of hydrogen-bond donors (Lipinski definition) is 1. The van der Waals surface area contributed by atoms with Crippen LogP contribution in [0.5, 0.6) is 0 Å². The smallest absolute Gasteiger partial charge is 0.243 e. The van der Waals surface area contributed by atoms with Gasteiger partial charge < -0.3 is 5.73 Å². The molecule has 1 aromatic carbocycles. The summed E-state index contributed by atoms with van der Waals surface area (Å²) in [6.45, 7) is 6.22. The Morgan fingerprint density at radius 1 is 1.17 bits per heavy atom. The van der Waals surface area contributed by atoms with Crippen LogP contribution in [0.4, 0.5) is 0 Å². The van der Waals surface area contributed by atoms with E-state index in [1.807, 2.05) is 13.8 Å². The lowest BCUT2D eigenvalue weighted by Crippen LogP contribution is -2.46. The highest BCUT2D eigenvalue weighted by molar-refractivity contribution is 7.89. The lowest BCUT2D eigenvalue weighted by molar-refractivity contribution is -0.121. The monoisotopic (exact) mass is 340 g/mol. The van der Waals surface area contributed by atoms with Crippen molar-refractivity contribution in [2.24, 2.45) is 11.7 Å². The van der Waals surface area contributed by atoms with Gasteiger partial charge in [0, 0.05) is 6.54 Å². The molecule has 0 bridgehead atoms. The van der Waals surface area contributed by atoms with Gasteiger partial charge in [-0.05, 0) is 44.4 Å². The lowest BCUT2D eigenvalue weighted by Gasteiger charge is -2.30. The molecule has 0 fully saturated rings. The number of ketones is 1. The highest BCUT2D eigenvalue weighted by Gasteiger charge is 2.34. The first kappa shape index (κ1) is 19.8. The Labute approximate surface area is 139 Å². The summed E-state index contributed by atoms with van der Waals surface area (Å²) in [5.41, 5.74) is 5.51. The molecule has 0 spiro atoms. The Morgan fingerprint density at radius 3 is 2.26 bits per heavy atom. The van der Waals surface area contributed by atoms with Gasteiger partial charge in [-0.1, -0.05) is 38.5 Å². The molecule has 130 valence electrons. The normalized spacial score (nSPS) is 13.5. The van der Waals surface area contributed by atoms with Crippen molar-refractivity contribution < 1.29 is 13.2 Å². The number of rotatable bonds is 10. The fourth-order valence-corrected chi connectivity index (χ4v) is 4.37. The van der Waals surface area contributed by atoms with Crippen LogP contribution in [0.15, 0.2) is 35.2 Å². The Kier molecular flexibility index (Phi) is 7.88. The molecule has 0 aromatic heterocycles. The molecular weight excluding hydrogens is 312 g/mol. The molecule has 0 radical (unpaired) electrons. The zero-order valence-electron chi connectivity index (χ0n) is 14.2. The number of carbonyl (C=O) groups is 1. The highest BCUT2D eigenvalue weighted by Crippen LogP contribution is 2.23. The lowest BCUT2D eigenvalue weighted by atomic mass is 10.1. The van der Waals surface area contributed by atoms with Crippen molar-refractivity contribution >= 4 is 15.8 Å². The number of sulfonamides is 1. The van der Waals surface area contributed by atoms with E-state index in [-0.39, 0.29) is 16.6 Å². The summed E-state index contributed by atoms with van der Waals surface area (Å²) >= 11 is 0. The van der Waals surface area contributed by atoms with Gasteiger partial charge in [-0.25, -0.2) is 8.42 Å².